The van der Waals surface area contributed by atoms with Crippen molar-refractivity contribution in [3.63, 3.8) is 0 Å². The number of hydrogen-bond acceptors (Lipinski definition) is 3. The Bertz CT molecular complexity index is 1030. The molecule has 1 aliphatic carbocycles. The third-order valence-electron chi connectivity index (χ3n) is 6.25. The molecule has 2 aromatic rings. The summed E-state index contributed by atoms with van der Waals surface area (Å²) < 4.78 is 68.2. The van der Waals surface area contributed by atoms with Crippen LogP contribution in [0.2, 0.25) is 0 Å². The van der Waals surface area contributed by atoms with Crippen molar-refractivity contribution in [1.82, 2.24) is 4.98 Å². The number of halogens is 5. The normalized spacial score (nSPS) is 16.5. The maximum absolute atomic E-state index is 13.7. The first-order chi connectivity index (χ1) is 17.8. The molecule has 0 bridgehead atoms. The molecule has 1 saturated carbocycles. The van der Waals surface area contributed by atoms with Crippen molar-refractivity contribution < 1.29 is 26.7 Å². The highest BCUT2D eigenvalue weighted by molar-refractivity contribution is 6.00. The molecule has 1 aromatic heterocycles. The lowest BCUT2D eigenvalue weighted by Crippen LogP contribution is -2.30. The Hall–Kier alpha value is -2.51. The largest absolute Gasteiger partial charge is 0.418 e. The number of carbonyl (C=O) groups excluding carboxylic acids is 1. The molecule has 38 heavy (non-hydrogen) atoms. The van der Waals surface area contributed by atoms with E-state index < -0.39 is 29.9 Å². The van der Waals surface area contributed by atoms with E-state index in [1.54, 1.807) is 4.90 Å². The molecular formula is C30H43F5N2O. The Kier molecular flexibility index (Phi) is 12.9. The summed E-state index contributed by atoms with van der Waals surface area (Å²) in [4.78, 5) is 17.9. The first-order valence-electron chi connectivity index (χ1n) is 13.6. The van der Waals surface area contributed by atoms with Crippen LogP contribution in [0, 0.1) is 20.8 Å². The fourth-order valence-electron chi connectivity index (χ4n) is 4.45. The zero-order valence-electron chi connectivity index (χ0n) is 24.0. The monoisotopic (exact) mass is 542 g/mol. The minimum absolute atomic E-state index is 0.0325. The van der Waals surface area contributed by atoms with Crippen LogP contribution in [0.1, 0.15) is 111 Å². The van der Waals surface area contributed by atoms with Gasteiger partial charge in [-0.05, 0) is 52.5 Å². The van der Waals surface area contributed by atoms with Gasteiger partial charge in [-0.25, -0.2) is 13.8 Å². The molecule has 214 valence electrons. The summed E-state index contributed by atoms with van der Waals surface area (Å²) in [5, 5.41) is 0. The average Bonchev–Trinajstić information content (AvgIpc) is 3.68. The smallest absolute Gasteiger partial charge is 0.356 e. The van der Waals surface area contributed by atoms with Gasteiger partial charge in [0.1, 0.15) is 5.82 Å². The molecule has 2 fully saturated rings. The van der Waals surface area contributed by atoms with E-state index in [0.29, 0.717) is 12.8 Å². The highest BCUT2D eigenvalue weighted by Gasteiger charge is 2.43. The number of rotatable bonds is 3. The predicted octanol–water partition coefficient (Wildman–Crippen LogP) is 9.47. The molecular weight excluding hydrogens is 499 g/mol. The van der Waals surface area contributed by atoms with Crippen molar-refractivity contribution in [2.45, 2.75) is 106 Å². The van der Waals surface area contributed by atoms with Crippen LogP contribution in [0.4, 0.5) is 27.8 Å². The molecule has 0 radical (unpaired) electrons. The Morgan fingerprint density at radius 1 is 0.974 bits per heavy atom. The van der Waals surface area contributed by atoms with Gasteiger partial charge in [0.05, 0.1) is 16.8 Å². The second-order valence-corrected chi connectivity index (χ2v) is 9.38. The maximum Gasteiger partial charge on any atom is 0.418 e. The molecule has 3 nitrogen and oxygen atoms in total. The van der Waals surface area contributed by atoms with Crippen molar-refractivity contribution in [2.75, 3.05) is 18.0 Å². The molecule has 2 heterocycles. The van der Waals surface area contributed by atoms with Crippen LogP contribution < -0.4 is 4.90 Å². The lowest BCUT2D eigenvalue weighted by molar-refractivity contribution is -0.139. The summed E-state index contributed by atoms with van der Waals surface area (Å²) >= 11 is 0. The number of anilines is 1. The molecule has 0 amide bonds. The molecule has 0 atom stereocenters. The second-order valence-electron chi connectivity index (χ2n) is 9.38. The van der Waals surface area contributed by atoms with Crippen LogP contribution in [-0.4, -0.2) is 29.8 Å². The summed E-state index contributed by atoms with van der Waals surface area (Å²) in [5.74, 6) is -3.49. The number of carbonyl (C=O) groups is 1. The molecule has 1 aromatic carbocycles. The van der Waals surface area contributed by atoms with E-state index in [1.165, 1.54) is 25.0 Å². The first kappa shape index (κ1) is 33.5. The number of aryl methyl sites for hydroxylation is 2. The van der Waals surface area contributed by atoms with Crippen LogP contribution in [0.3, 0.4) is 0 Å². The summed E-state index contributed by atoms with van der Waals surface area (Å²) in [5.41, 5.74) is 1.54. The van der Waals surface area contributed by atoms with Gasteiger partial charge in [0.2, 0.25) is 5.92 Å². The summed E-state index contributed by atoms with van der Waals surface area (Å²) in [6.45, 7) is 14.9. The van der Waals surface area contributed by atoms with E-state index in [2.05, 4.69) is 43.1 Å². The third-order valence-corrected chi connectivity index (χ3v) is 6.25. The minimum atomic E-state index is -4.61. The SMILES string of the molecule is CC.CC.CC(=O)c1c(N2CCCC(F)(F)CC2)nc(C2CC2)c(C(F)(F)F)c1C.Cc1cccc(C)c1. The summed E-state index contributed by atoms with van der Waals surface area (Å²) in [6, 6.07) is 8.45. The van der Waals surface area contributed by atoms with Gasteiger partial charge < -0.3 is 4.90 Å². The maximum atomic E-state index is 13.7. The fraction of sp³-hybridized carbons (Fsp3) is 0.600. The molecule has 1 saturated heterocycles. The van der Waals surface area contributed by atoms with Gasteiger partial charge in [0.25, 0.3) is 0 Å². The number of benzene rings is 1. The number of ketones is 1. The third kappa shape index (κ3) is 9.35. The number of hydrogen-bond donors (Lipinski definition) is 0. The van der Waals surface area contributed by atoms with Crippen LogP contribution in [0.15, 0.2) is 24.3 Å². The van der Waals surface area contributed by atoms with E-state index in [4.69, 9.17) is 0 Å². The van der Waals surface area contributed by atoms with Crippen molar-refractivity contribution >= 4 is 11.6 Å². The van der Waals surface area contributed by atoms with Gasteiger partial charge in [-0.3, -0.25) is 4.79 Å². The summed E-state index contributed by atoms with van der Waals surface area (Å²) in [6.07, 6.45) is -3.84. The summed E-state index contributed by atoms with van der Waals surface area (Å²) in [7, 11) is 0. The highest BCUT2D eigenvalue weighted by atomic mass is 19.4. The van der Waals surface area contributed by atoms with Crippen molar-refractivity contribution in [3.8, 4) is 0 Å². The van der Waals surface area contributed by atoms with Crippen LogP contribution in [0.25, 0.3) is 0 Å². The standard InChI is InChI=1S/C18H21F5N2O.C8H10.2C2H6/c1-10-13(11(2)26)16(25-8-3-6-17(19,20)7-9-25)24-15(12-4-5-12)14(10)18(21,22)23;1-7-4-3-5-8(2)6-7;2*1-2/h12H,3-9H2,1-2H3;3-6H,1-2H3;2*1-2H3. The Morgan fingerprint density at radius 2 is 1.53 bits per heavy atom. The molecule has 1 aliphatic heterocycles. The van der Waals surface area contributed by atoms with Gasteiger partial charge in [-0.2, -0.15) is 13.2 Å². The van der Waals surface area contributed by atoms with E-state index in [1.807, 2.05) is 27.7 Å². The molecule has 4 rings (SSSR count). The fourth-order valence-corrected chi connectivity index (χ4v) is 4.45. The van der Waals surface area contributed by atoms with Crippen LogP contribution in [0.5, 0.6) is 0 Å². The minimum Gasteiger partial charge on any atom is -0.356 e. The van der Waals surface area contributed by atoms with Crippen molar-refractivity contribution in [2.24, 2.45) is 0 Å². The predicted molar refractivity (Wildman–Crippen MR) is 146 cm³/mol. The zero-order valence-corrected chi connectivity index (χ0v) is 24.0. The van der Waals surface area contributed by atoms with E-state index in [-0.39, 0.29) is 54.5 Å². The Morgan fingerprint density at radius 3 is 1.95 bits per heavy atom. The Labute approximate surface area is 224 Å². The van der Waals surface area contributed by atoms with Crippen molar-refractivity contribution in [1.29, 1.82) is 0 Å². The zero-order chi connectivity index (χ0) is 29.3. The number of pyridine rings is 1. The molecule has 0 spiro atoms. The lowest BCUT2D eigenvalue weighted by Gasteiger charge is -2.27. The average molecular weight is 543 g/mol. The van der Waals surface area contributed by atoms with Gasteiger partial charge in [-0.15, -0.1) is 0 Å². The molecule has 2 aliphatic rings. The molecule has 0 unspecified atom stereocenters. The van der Waals surface area contributed by atoms with Crippen LogP contribution in [-0.2, 0) is 6.18 Å². The van der Waals surface area contributed by atoms with Gasteiger partial charge >= 0.3 is 6.18 Å². The van der Waals surface area contributed by atoms with Gasteiger partial charge in [0, 0.05) is 31.8 Å². The second kappa shape index (κ2) is 14.6. The van der Waals surface area contributed by atoms with E-state index in [0.717, 1.165) is 0 Å². The number of alkyl halides is 5. The van der Waals surface area contributed by atoms with E-state index >= 15 is 0 Å². The number of aromatic nitrogens is 1. The van der Waals surface area contributed by atoms with Crippen LogP contribution >= 0.6 is 0 Å². The quantitative estimate of drug-likeness (QED) is 0.286. The number of Topliss-reactive ketones (excluding diaryl/α,β-unsaturated/α-hetero) is 1. The first-order valence-corrected chi connectivity index (χ1v) is 13.6. The van der Waals surface area contributed by atoms with Gasteiger partial charge in [0.15, 0.2) is 5.78 Å². The van der Waals surface area contributed by atoms with Crippen molar-refractivity contribution in [3.05, 3.63) is 57.8 Å². The molecule has 0 N–H and O–H groups in total. The highest BCUT2D eigenvalue weighted by Crippen LogP contribution is 2.48. The molecule has 8 heteroatoms. The lowest BCUT2D eigenvalue weighted by atomic mass is 9.96. The van der Waals surface area contributed by atoms with E-state index in [9.17, 15) is 26.7 Å². The van der Waals surface area contributed by atoms with Gasteiger partial charge in [-0.1, -0.05) is 63.1 Å². The Balaban J connectivity index is 0.000000505. The topological polar surface area (TPSA) is 33.2 Å². The number of nitrogens with zero attached hydrogens (tertiary/aromatic N) is 2.